The standard InChI is InChI=1S/C13H15N3O5/c14-11(17)5-16(6-12(18)19)13(20)15-9-7-21-10-4-2-1-3-8(9)10/h1-4,9H,5-7H2,(H2,14,17)(H,15,20)(H,18,19). The highest BCUT2D eigenvalue weighted by Gasteiger charge is 2.28. The zero-order valence-electron chi connectivity index (χ0n) is 11.1. The van der Waals surface area contributed by atoms with Crippen molar-refractivity contribution in [3.05, 3.63) is 29.8 Å². The number of primary amides is 1. The molecule has 0 fully saturated rings. The summed E-state index contributed by atoms with van der Waals surface area (Å²) in [4.78, 5) is 34.6. The van der Waals surface area contributed by atoms with E-state index in [0.717, 1.165) is 10.5 Å². The first kappa shape index (κ1) is 14.6. The number of carbonyl (C=O) groups is 3. The van der Waals surface area contributed by atoms with E-state index in [-0.39, 0.29) is 6.61 Å². The van der Waals surface area contributed by atoms with Crippen molar-refractivity contribution >= 4 is 17.9 Å². The van der Waals surface area contributed by atoms with Gasteiger partial charge in [-0.1, -0.05) is 18.2 Å². The van der Waals surface area contributed by atoms with Gasteiger partial charge in [-0.05, 0) is 6.07 Å². The molecule has 0 radical (unpaired) electrons. The van der Waals surface area contributed by atoms with Crippen molar-refractivity contribution in [2.75, 3.05) is 19.7 Å². The van der Waals surface area contributed by atoms with Crippen LogP contribution in [0.25, 0.3) is 0 Å². The first-order chi connectivity index (χ1) is 9.97. The largest absolute Gasteiger partial charge is 0.491 e. The highest BCUT2D eigenvalue weighted by Crippen LogP contribution is 2.31. The average Bonchev–Trinajstić information content (AvgIpc) is 2.80. The van der Waals surface area contributed by atoms with Gasteiger partial charge in [0.2, 0.25) is 5.91 Å². The summed E-state index contributed by atoms with van der Waals surface area (Å²) in [7, 11) is 0. The van der Waals surface area contributed by atoms with Gasteiger partial charge in [-0.3, -0.25) is 9.59 Å². The molecule has 3 amide bonds. The number of urea groups is 1. The van der Waals surface area contributed by atoms with Crippen molar-refractivity contribution in [1.29, 1.82) is 0 Å². The lowest BCUT2D eigenvalue weighted by atomic mass is 10.1. The van der Waals surface area contributed by atoms with Crippen LogP contribution in [-0.2, 0) is 9.59 Å². The minimum Gasteiger partial charge on any atom is -0.491 e. The molecule has 0 bridgehead atoms. The molecule has 1 aliphatic heterocycles. The first-order valence-corrected chi connectivity index (χ1v) is 6.24. The van der Waals surface area contributed by atoms with E-state index in [4.69, 9.17) is 15.6 Å². The minimum absolute atomic E-state index is 0.253. The molecule has 0 saturated carbocycles. The summed E-state index contributed by atoms with van der Waals surface area (Å²) in [5.41, 5.74) is 5.82. The van der Waals surface area contributed by atoms with E-state index >= 15 is 0 Å². The van der Waals surface area contributed by atoms with Gasteiger partial charge in [0.15, 0.2) is 0 Å². The van der Waals surface area contributed by atoms with E-state index in [0.29, 0.717) is 5.75 Å². The van der Waals surface area contributed by atoms with Crippen molar-refractivity contribution in [1.82, 2.24) is 10.2 Å². The molecule has 21 heavy (non-hydrogen) atoms. The number of hydrogen-bond acceptors (Lipinski definition) is 4. The Labute approximate surface area is 120 Å². The van der Waals surface area contributed by atoms with Gasteiger partial charge in [-0.2, -0.15) is 0 Å². The van der Waals surface area contributed by atoms with Gasteiger partial charge in [0.1, 0.15) is 25.4 Å². The Morgan fingerprint density at radius 3 is 2.71 bits per heavy atom. The summed E-state index contributed by atoms with van der Waals surface area (Å²) in [6.07, 6.45) is 0. The molecule has 1 aliphatic rings. The molecule has 1 atom stereocenters. The fourth-order valence-corrected chi connectivity index (χ4v) is 2.07. The van der Waals surface area contributed by atoms with Crippen LogP contribution in [0.4, 0.5) is 4.79 Å². The van der Waals surface area contributed by atoms with Crippen molar-refractivity contribution in [2.45, 2.75) is 6.04 Å². The molecule has 0 spiro atoms. The van der Waals surface area contributed by atoms with Crippen LogP contribution in [0, 0.1) is 0 Å². The molecule has 8 nitrogen and oxygen atoms in total. The van der Waals surface area contributed by atoms with Gasteiger partial charge < -0.3 is 25.8 Å². The van der Waals surface area contributed by atoms with Gasteiger partial charge in [0.05, 0.1) is 6.04 Å². The number of carboxylic acid groups (broad SMARTS) is 1. The van der Waals surface area contributed by atoms with Crippen LogP contribution in [0.3, 0.4) is 0 Å². The molecule has 4 N–H and O–H groups in total. The Hall–Kier alpha value is -2.77. The van der Waals surface area contributed by atoms with Crippen LogP contribution >= 0.6 is 0 Å². The van der Waals surface area contributed by atoms with Crippen LogP contribution in [0.1, 0.15) is 11.6 Å². The third-order valence-electron chi connectivity index (χ3n) is 2.96. The van der Waals surface area contributed by atoms with Gasteiger partial charge in [-0.25, -0.2) is 4.79 Å². The number of nitrogens with one attached hydrogen (secondary N) is 1. The number of amides is 3. The topological polar surface area (TPSA) is 122 Å². The smallest absolute Gasteiger partial charge is 0.323 e. The Kier molecular flexibility index (Phi) is 4.27. The van der Waals surface area contributed by atoms with Crippen molar-refractivity contribution in [3.63, 3.8) is 0 Å². The van der Waals surface area contributed by atoms with Crippen LogP contribution in [0.15, 0.2) is 24.3 Å². The molecule has 1 heterocycles. The van der Waals surface area contributed by atoms with Gasteiger partial charge in [0.25, 0.3) is 0 Å². The second-order valence-corrected chi connectivity index (χ2v) is 4.57. The first-order valence-electron chi connectivity index (χ1n) is 6.24. The van der Waals surface area contributed by atoms with Gasteiger partial charge in [0, 0.05) is 5.56 Å². The van der Waals surface area contributed by atoms with Crippen LogP contribution in [0.2, 0.25) is 0 Å². The number of para-hydroxylation sites is 1. The molecule has 2 rings (SSSR count). The predicted molar refractivity (Wildman–Crippen MR) is 71.6 cm³/mol. The van der Waals surface area contributed by atoms with Crippen molar-refractivity contribution in [2.24, 2.45) is 5.73 Å². The number of nitrogens with zero attached hydrogens (tertiary/aromatic N) is 1. The van der Waals surface area contributed by atoms with E-state index in [1.165, 1.54) is 0 Å². The molecule has 0 aromatic heterocycles. The summed E-state index contributed by atoms with van der Waals surface area (Å²) in [6, 6.07) is 6.14. The number of benzene rings is 1. The fraction of sp³-hybridized carbons (Fsp3) is 0.308. The summed E-state index contributed by atoms with van der Waals surface area (Å²) in [5, 5.41) is 11.4. The lowest BCUT2D eigenvalue weighted by Gasteiger charge is -2.21. The molecular weight excluding hydrogens is 278 g/mol. The molecule has 0 saturated heterocycles. The number of fused-ring (bicyclic) bond motifs is 1. The second kappa shape index (κ2) is 6.12. The van der Waals surface area contributed by atoms with Gasteiger partial charge >= 0.3 is 12.0 Å². The quantitative estimate of drug-likeness (QED) is 0.688. The van der Waals surface area contributed by atoms with Crippen LogP contribution < -0.4 is 15.8 Å². The number of aliphatic carboxylic acids is 1. The number of ether oxygens (including phenoxy) is 1. The monoisotopic (exact) mass is 293 g/mol. The third kappa shape index (κ3) is 3.62. The Morgan fingerprint density at radius 1 is 1.33 bits per heavy atom. The zero-order valence-corrected chi connectivity index (χ0v) is 11.1. The number of rotatable bonds is 5. The van der Waals surface area contributed by atoms with E-state index in [1.807, 2.05) is 18.2 Å². The van der Waals surface area contributed by atoms with E-state index in [1.54, 1.807) is 6.07 Å². The molecule has 112 valence electrons. The highest BCUT2D eigenvalue weighted by molar-refractivity contribution is 5.86. The summed E-state index contributed by atoms with van der Waals surface area (Å²) < 4.78 is 5.41. The maximum absolute atomic E-state index is 12.1. The van der Waals surface area contributed by atoms with E-state index in [9.17, 15) is 14.4 Å². The molecule has 8 heteroatoms. The van der Waals surface area contributed by atoms with E-state index in [2.05, 4.69) is 5.32 Å². The van der Waals surface area contributed by atoms with Crippen molar-refractivity contribution < 1.29 is 24.2 Å². The predicted octanol–water partition coefficient (Wildman–Crippen LogP) is -0.298. The number of nitrogens with two attached hydrogens (primary N) is 1. The molecule has 1 aromatic rings. The maximum atomic E-state index is 12.1. The fourth-order valence-electron chi connectivity index (χ4n) is 2.07. The van der Waals surface area contributed by atoms with E-state index < -0.39 is 37.0 Å². The normalized spacial score (nSPS) is 15.7. The average molecular weight is 293 g/mol. The molecule has 1 aromatic carbocycles. The van der Waals surface area contributed by atoms with Crippen LogP contribution in [0.5, 0.6) is 5.75 Å². The lowest BCUT2D eigenvalue weighted by Crippen LogP contribution is -2.47. The third-order valence-corrected chi connectivity index (χ3v) is 2.96. The molecular formula is C13H15N3O5. The number of carboxylic acids is 1. The number of carbonyl (C=O) groups excluding carboxylic acids is 2. The second-order valence-electron chi connectivity index (χ2n) is 4.57. The lowest BCUT2D eigenvalue weighted by molar-refractivity contribution is -0.137. The zero-order chi connectivity index (χ0) is 15.4. The molecule has 0 aliphatic carbocycles. The Morgan fingerprint density at radius 2 is 2.05 bits per heavy atom. The maximum Gasteiger partial charge on any atom is 0.323 e. The van der Waals surface area contributed by atoms with Crippen LogP contribution in [-0.4, -0.2) is 47.6 Å². The number of hydrogen-bond donors (Lipinski definition) is 3. The SMILES string of the molecule is NC(=O)CN(CC(=O)O)C(=O)NC1COc2ccccc21. The summed E-state index contributed by atoms with van der Waals surface area (Å²) in [5.74, 6) is -1.34. The minimum atomic E-state index is -1.23. The van der Waals surface area contributed by atoms with Gasteiger partial charge in [-0.15, -0.1) is 0 Å². The highest BCUT2D eigenvalue weighted by atomic mass is 16.5. The Bertz CT molecular complexity index is 559. The molecule has 1 unspecified atom stereocenters. The van der Waals surface area contributed by atoms with Crippen molar-refractivity contribution in [3.8, 4) is 5.75 Å². The summed E-state index contributed by atoms with van der Waals surface area (Å²) >= 11 is 0. The Balaban J connectivity index is 2.05. The summed E-state index contributed by atoms with van der Waals surface area (Å²) in [6.45, 7) is -0.820.